The molecule has 0 aliphatic heterocycles. The Kier molecular flexibility index (Phi) is 10.3. The summed E-state index contributed by atoms with van der Waals surface area (Å²) < 4.78 is 22.2. The van der Waals surface area contributed by atoms with Gasteiger partial charge in [0.2, 0.25) is 0 Å². The lowest BCUT2D eigenvalue weighted by Crippen LogP contribution is -2.45. The third-order valence-corrected chi connectivity index (χ3v) is 5.20. The van der Waals surface area contributed by atoms with Crippen LogP contribution in [0.3, 0.4) is 0 Å². The van der Waals surface area contributed by atoms with Crippen LogP contribution < -0.4 is 0 Å². The van der Waals surface area contributed by atoms with Gasteiger partial charge in [-0.15, -0.1) is 0 Å². The highest BCUT2D eigenvalue weighted by molar-refractivity contribution is 6.60. The maximum Gasteiger partial charge on any atom is 0.500 e. The Morgan fingerprint density at radius 2 is 1.56 bits per heavy atom. The van der Waals surface area contributed by atoms with Gasteiger partial charge >= 0.3 is 8.80 Å². The van der Waals surface area contributed by atoms with Gasteiger partial charge in [-0.25, -0.2) is 0 Å². The molecule has 5 heteroatoms. The zero-order valence-corrected chi connectivity index (χ0v) is 12.1. The molecule has 0 aromatic carbocycles. The summed E-state index contributed by atoms with van der Waals surface area (Å²) >= 11 is 0. The van der Waals surface area contributed by atoms with Crippen molar-refractivity contribution in [2.45, 2.75) is 39.7 Å². The summed E-state index contributed by atoms with van der Waals surface area (Å²) in [6.45, 7) is 8.89. The monoisotopic (exact) mass is 250 g/mol. The molecule has 0 fully saturated rings. The molecule has 0 unspecified atom stereocenters. The first-order valence-corrected chi connectivity index (χ1v) is 8.08. The van der Waals surface area contributed by atoms with Gasteiger partial charge in [0, 0.05) is 39.6 Å². The van der Waals surface area contributed by atoms with E-state index in [1.807, 2.05) is 13.8 Å². The van der Waals surface area contributed by atoms with Crippen LogP contribution >= 0.6 is 0 Å². The lowest BCUT2D eigenvalue weighted by molar-refractivity contribution is 0.0796. The van der Waals surface area contributed by atoms with E-state index in [2.05, 4.69) is 6.92 Å². The average molecular weight is 250 g/mol. The lowest BCUT2D eigenvalue weighted by Gasteiger charge is -2.27. The second-order valence-corrected chi connectivity index (χ2v) is 6.32. The van der Waals surface area contributed by atoms with Crippen molar-refractivity contribution in [1.29, 1.82) is 0 Å². The van der Waals surface area contributed by atoms with E-state index in [4.69, 9.17) is 18.0 Å². The van der Waals surface area contributed by atoms with Crippen molar-refractivity contribution in [1.82, 2.24) is 0 Å². The largest absolute Gasteiger partial charge is 0.500 e. The van der Waals surface area contributed by atoms with Gasteiger partial charge in [0.05, 0.1) is 0 Å². The Morgan fingerprint density at radius 3 is 2.00 bits per heavy atom. The molecule has 0 radical (unpaired) electrons. The fourth-order valence-corrected chi connectivity index (χ4v) is 3.75. The molecule has 4 nitrogen and oxygen atoms in total. The van der Waals surface area contributed by atoms with Gasteiger partial charge in [-0.1, -0.05) is 6.92 Å². The van der Waals surface area contributed by atoms with Gasteiger partial charge < -0.3 is 18.0 Å². The summed E-state index contributed by atoms with van der Waals surface area (Å²) in [6, 6.07) is 0.828. The third kappa shape index (κ3) is 6.60. The predicted molar refractivity (Wildman–Crippen MR) is 66.5 cm³/mol. The van der Waals surface area contributed by atoms with E-state index in [0.717, 1.165) is 32.1 Å². The lowest BCUT2D eigenvalue weighted by atomic mass is 10.5. The van der Waals surface area contributed by atoms with Crippen molar-refractivity contribution < 1.29 is 18.0 Å². The van der Waals surface area contributed by atoms with Crippen molar-refractivity contribution in [3.8, 4) is 0 Å². The molecule has 0 aromatic rings. The number of ether oxygens (including phenoxy) is 1. The van der Waals surface area contributed by atoms with Gasteiger partial charge in [0.1, 0.15) is 0 Å². The number of hydrogen-bond donors (Lipinski definition) is 0. The third-order valence-electron chi connectivity index (χ3n) is 2.16. The summed E-state index contributed by atoms with van der Waals surface area (Å²) in [5.41, 5.74) is 0. The minimum Gasteiger partial charge on any atom is -0.381 e. The molecule has 0 rings (SSSR count). The maximum absolute atomic E-state index is 5.66. The summed E-state index contributed by atoms with van der Waals surface area (Å²) in [6.07, 6.45) is 1.99. The molecule has 16 heavy (non-hydrogen) atoms. The molecule has 0 amide bonds. The number of rotatable bonds is 11. The van der Waals surface area contributed by atoms with E-state index in [1.165, 1.54) is 0 Å². The van der Waals surface area contributed by atoms with Crippen molar-refractivity contribution in [2.75, 3.05) is 33.5 Å². The van der Waals surface area contributed by atoms with E-state index in [9.17, 15) is 0 Å². The topological polar surface area (TPSA) is 36.9 Å². The highest BCUT2D eigenvalue weighted by Gasteiger charge is 2.38. The molecule has 0 saturated heterocycles. The Labute approximate surface area is 101 Å². The summed E-state index contributed by atoms with van der Waals surface area (Å²) in [4.78, 5) is 0. The minimum atomic E-state index is -2.41. The van der Waals surface area contributed by atoms with E-state index in [1.54, 1.807) is 7.11 Å². The number of hydrogen-bond acceptors (Lipinski definition) is 4. The molecule has 0 saturated carbocycles. The van der Waals surface area contributed by atoms with Crippen LogP contribution in [-0.2, 0) is 18.0 Å². The zero-order valence-electron chi connectivity index (χ0n) is 11.1. The van der Waals surface area contributed by atoms with Crippen molar-refractivity contribution in [3.63, 3.8) is 0 Å². The molecule has 0 aliphatic rings. The molecule has 0 N–H and O–H groups in total. The van der Waals surface area contributed by atoms with Crippen LogP contribution in [0.2, 0.25) is 6.04 Å². The molecular weight excluding hydrogens is 224 g/mol. The Morgan fingerprint density at radius 1 is 0.938 bits per heavy atom. The van der Waals surface area contributed by atoms with Gasteiger partial charge in [0.15, 0.2) is 0 Å². The van der Waals surface area contributed by atoms with Crippen LogP contribution in [0, 0.1) is 0 Å². The van der Waals surface area contributed by atoms with E-state index in [-0.39, 0.29) is 0 Å². The van der Waals surface area contributed by atoms with E-state index < -0.39 is 8.80 Å². The van der Waals surface area contributed by atoms with Gasteiger partial charge in [0.25, 0.3) is 0 Å². The van der Waals surface area contributed by atoms with E-state index >= 15 is 0 Å². The SMILES string of the molecule is CCCOCCC[Si](OC)(OCC)OCC. The highest BCUT2D eigenvalue weighted by atomic mass is 28.4. The van der Waals surface area contributed by atoms with Crippen LogP contribution in [0.5, 0.6) is 0 Å². The summed E-state index contributed by atoms with van der Waals surface area (Å²) in [5, 5.41) is 0. The van der Waals surface area contributed by atoms with Gasteiger partial charge in [-0.3, -0.25) is 0 Å². The fourth-order valence-electron chi connectivity index (χ4n) is 1.48. The zero-order chi connectivity index (χ0) is 12.3. The summed E-state index contributed by atoms with van der Waals surface area (Å²) in [7, 11) is -0.739. The minimum absolute atomic E-state index is 0.635. The highest BCUT2D eigenvalue weighted by Crippen LogP contribution is 2.17. The van der Waals surface area contributed by atoms with Gasteiger partial charge in [-0.05, 0) is 26.7 Å². The Balaban J connectivity index is 3.89. The molecule has 0 atom stereocenters. The van der Waals surface area contributed by atoms with Gasteiger partial charge in [-0.2, -0.15) is 0 Å². The molecule has 0 bridgehead atoms. The van der Waals surface area contributed by atoms with Crippen LogP contribution in [0.25, 0.3) is 0 Å². The second-order valence-electron chi connectivity index (χ2n) is 3.47. The first kappa shape index (κ1) is 16.1. The Hall–Kier alpha value is 0.0569. The van der Waals surface area contributed by atoms with Crippen molar-refractivity contribution in [2.24, 2.45) is 0 Å². The first-order valence-electron chi connectivity index (χ1n) is 6.15. The second kappa shape index (κ2) is 10.2. The maximum atomic E-state index is 5.66. The van der Waals surface area contributed by atoms with Crippen LogP contribution in [-0.4, -0.2) is 42.3 Å². The van der Waals surface area contributed by atoms with Crippen LogP contribution in [0.4, 0.5) is 0 Å². The molecule has 0 spiro atoms. The average Bonchev–Trinajstić information content (AvgIpc) is 2.29. The molecular formula is C11H26O4Si. The standard InChI is InChI=1S/C11H26O4Si/c1-5-9-13-10-8-11-16(12-4,14-6-2)15-7-3/h5-11H2,1-4H3. The summed E-state index contributed by atoms with van der Waals surface area (Å²) in [5.74, 6) is 0. The first-order chi connectivity index (χ1) is 7.74. The quantitative estimate of drug-likeness (QED) is 0.417. The molecule has 0 aliphatic carbocycles. The molecule has 0 aromatic heterocycles. The molecule has 0 heterocycles. The van der Waals surface area contributed by atoms with Crippen LogP contribution in [0.15, 0.2) is 0 Å². The fraction of sp³-hybridized carbons (Fsp3) is 1.00. The van der Waals surface area contributed by atoms with Crippen molar-refractivity contribution >= 4 is 8.80 Å². The van der Waals surface area contributed by atoms with Crippen molar-refractivity contribution in [3.05, 3.63) is 0 Å². The predicted octanol–water partition coefficient (Wildman–Crippen LogP) is 2.46. The Bertz CT molecular complexity index is 149. The van der Waals surface area contributed by atoms with Crippen LogP contribution in [0.1, 0.15) is 33.6 Å². The smallest absolute Gasteiger partial charge is 0.381 e. The van der Waals surface area contributed by atoms with E-state index in [0.29, 0.717) is 13.2 Å². The molecule has 98 valence electrons. The normalized spacial score (nSPS) is 12.0.